The Labute approximate surface area is 180 Å². The molecule has 1 aliphatic heterocycles. The molecule has 0 radical (unpaired) electrons. The van der Waals surface area contributed by atoms with Crippen molar-refractivity contribution in [2.45, 2.75) is 27.3 Å². The van der Waals surface area contributed by atoms with Crippen molar-refractivity contribution in [2.75, 3.05) is 43.1 Å². The van der Waals surface area contributed by atoms with Gasteiger partial charge < -0.3 is 19.7 Å². The maximum Gasteiger partial charge on any atom is 0.348 e. The van der Waals surface area contributed by atoms with Crippen molar-refractivity contribution in [1.82, 2.24) is 9.97 Å². The normalized spacial score (nSPS) is 14.2. The van der Waals surface area contributed by atoms with E-state index in [4.69, 9.17) is 9.47 Å². The van der Waals surface area contributed by atoms with Crippen molar-refractivity contribution in [2.24, 2.45) is 0 Å². The molecule has 8 heteroatoms. The third-order valence-corrected chi connectivity index (χ3v) is 6.32. The van der Waals surface area contributed by atoms with Gasteiger partial charge in [-0.15, -0.1) is 11.3 Å². The number of ether oxygens (including phenoxy) is 2. The second-order valence-electron chi connectivity index (χ2n) is 7.16. The lowest BCUT2D eigenvalue weighted by Gasteiger charge is -2.30. The average Bonchev–Trinajstić information content (AvgIpc) is 3.09. The van der Waals surface area contributed by atoms with Gasteiger partial charge in [0.05, 0.1) is 25.2 Å². The Morgan fingerprint density at radius 1 is 1.23 bits per heavy atom. The van der Waals surface area contributed by atoms with E-state index in [0.717, 1.165) is 47.9 Å². The van der Waals surface area contributed by atoms with E-state index in [9.17, 15) is 4.79 Å². The molecule has 0 amide bonds. The summed E-state index contributed by atoms with van der Waals surface area (Å²) in [6, 6.07) is 8.40. The summed E-state index contributed by atoms with van der Waals surface area (Å²) in [5.74, 6) is 1.11. The summed E-state index contributed by atoms with van der Waals surface area (Å²) >= 11 is 1.36. The van der Waals surface area contributed by atoms with Crippen LogP contribution in [0.5, 0.6) is 0 Å². The third kappa shape index (κ3) is 4.11. The van der Waals surface area contributed by atoms with Gasteiger partial charge in [-0.05, 0) is 38.0 Å². The number of benzene rings is 1. The first-order chi connectivity index (χ1) is 14.6. The molecule has 3 aromatic rings. The van der Waals surface area contributed by atoms with Crippen molar-refractivity contribution in [3.8, 4) is 0 Å². The number of aromatic nitrogens is 2. The second kappa shape index (κ2) is 8.97. The highest BCUT2D eigenvalue weighted by Crippen LogP contribution is 2.35. The number of rotatable bonds is 6. The summed E-state index contributed by atoms with van der Waals surface area (Å²) in [5.41, 5.74) is 3.27. The van der Waals surface area contributed by atoms with Crippen LogP contribution in [0.1, 0.15) is 33.5 Å². The van der Waals surface area contributed by atoms with Gasteiger partial charge in [-0.2, -0.15) is 0 Å². The van der Waals surface area contributed by atoms with Crippen LogP contribution < -0.4 is 10.2 Å². The maximum absolute atomic E-state index is 12.3. The highest BCUT2D eigenvalue weighted by Gasteiger charge is 2.21. The number of carbonyl (C=O) groups excluding carboxylic acids is 1. The lowest BCUT2D eigenvalue weighted by atomic mass is 10.1. The van der Waals surface area contributed by atoms with E-state index >= 15 is 0 Å². The topological polar surface area (TPSA) is 76.6 Å². The molecule has 3 heterocycles. The number of nitrogens with one attached hydrogen (secondary N) is 1. The Morgan fingerprint density at radius 2 is 2.00 bits per heavy atom. The molecular formula is C22H26N4O3S. The molecule has 0 bridgehead atoms. The fourth-order valence-electron chi connectivity index (χ4n) is 3.72. The van der Waals surface area contributed by atoms with Crippen LogP contribution in [-0.2, 0) is 16.0 Å². The smallest absolute Gasteiger partial charge is 0.348 e. The van der Waals surface area contributed by atoms with Crippen LogP contribution in [0.25, 0.3) is 10.2 Å². The zero-order valence-corrected chi connectivity index (χ0v) is 18.3. The number of fused-ring (bicyclic) bond motifs is 1. The molecule has 1 fully saturated rings. The van der Waals surface area contributed by atoms with E-state index < -0.39 is 0 Å². The van der Waals surface area contributed by atoms with Gasteiger partial charge in [-0.1, -0.05) is 18.2 Å². The Kier molecular flexibility index (Phi) is 6.15. The van der Waals surface area contributed by atoms with Crippen LogP contribution in [0.4, 0.5) is 11.5 Å². The lowest BCUT2D eigenvalue weighted by molar-refractivity contribution is 0.0531. The number of thiophene rings is 1. The van der Waals surface area contributed by atoms with E-state index in [0.29, 0.717) is 23.9 Å². The molecule has 30 heavy (non-hydrogen) atoms. The molecular weight excluding hydrogens is 400 g/mol. The van der Waals surface area contributed by atoms with Gasteiger partial charge in [0, 0.05) is 25.3 Å². The number of hydrogen-bond donors (Lipinski definition) is 1. The van der Waals surface area contributed by atoms with Gasteiger partial charge in [-0.3, -0.25) is 0 Å². The Balaban J connectivity index is 1.64. The molecule has 0 saturated carbocycles. The number of carbonyl (C=O) groups is 1. The molecule has 0 unspecified atom stereocenters. The number of aryl methyl sites for hydroxylation is 2. The van der Waals surface area contributed by atoms with Gasteiger partial charge in [0.25, 0.3) is 0 Å². The van der Waals surface area contributed by atoms with E-state index in [1.54, 1.807) is 0 Å². The fourth-order valence-corrected chi connectivity index (χ4v) is 4.84. The van der Waals surface area contributed by atoms with Crippen molar-refractivity contribution >= 4 is 39.0 Å². The Morgan fingerprint density at radius 3 is 2.77 bits per heavy atom. The number of hydrogen-bond acceptors (Lipinski definition) is 8. The van der Waals surface area contributed by atoms with Gasteiger partial charge in [0.2, 0.25) is 0 Å². The van der Waals surface area contributed by atoms with Crippen LogP contribution in [0.15, 0.2) is 24.3 Å². The van der Waals surface area contributed by atoms with E-state index in [-0.39, 0.29) is 5.97 Å². The minimum Gasteiger partial charge on any atom is -0.462 e. The molecule has 158 valence electrons. The van der Waals surface area contributed by atoms with E-state index in [2.05, 4.69) is 44.5 Å². The Bertz CT molecular complexity index is 1060. The van der Waals surface area contributed by atoms with Crippen molar-refractivity contribution in [1.29, 1.82) is 0 Å². The highest BCUT2D eigenvalue weighted by atomic mass is 32.1. The summed E-state index contributed by atoms with van der Waals surface area (Å²) in [4.78, 5) is 25.3. The van der Waals surface area contributed by atoms with Crippen LogP contribution >= 0.6 is 11.3 Å². The standard InChI is InChI=1S/C22H26N4O3S/c1-4-29-22(27)19-14(2)18-20(24-15(3)25-21(18)30-19)23-13-16-7-5-6-8-17(16)26-9-11-28-12-10-26/h5-8H,4,9-13H2,1-3H3,(H,23,24,25). The van der Waals surface area contributed by atoms with E-state index in [1.165, 1.54) is 22.6 Å². The van der Waals surface area contributed by atoms with Gasteiger partial charge in [0.1, 0.15) is 21.3 Å². The van der Waals surface area contributed by atoms with E-state index in [1.807, 2.05) is 20.8 Å². The molecule has 1 aliphatic rings. The van der Waals surface area contributed by atoms with Gasteiger partial charge in [0.15, 0.2) is 0 Å². The molecule has 0 spiro atoms. The van der Waals surface area contributed by atoms with Crippen LogP contribution in [-0.4, -0.2) is 48.8 Å². The van der Waals surface area contributed by atoms with Crippen molar-refractivity contribution < 1.29 is 14.3 Å². The predicted octanol–water partition coefficient (Wildman–Crippen LogP) is 3.93. The monoisotopic (exact) mass is 426 g/mol. The zero-order chi connectivity index (χ0) is 21.1. The number of morpholine rings is 1. The molecule has 0 aliphatic carbocycles. The number of para-hydroxylation sites is 1. The summed E-state index contributed by atoms with van der Waals surface area (Å²) in [6.45, 7) is 9.85. The third-order valence-electron chi connectivity index (χ3n) is 5.15. The minimum absolute atomic E-state index is 0.306. The summed E-state index contributed by atoms with van der Waals surface area (Å²) < 4.78 is 10.7. The first kappa shape index (κ1) is 20.6. The van der Waals surface area contributed by atoms with Gasteiger partial charge in [-0.25, -0.2) is 14.8 Å². The molecule has 0 atom stereocenters. The van der Waals surface area contributed by atoms with Crippen LogP contribution in [0.2, 0.25) is 0 Å². The highest BCUT2D eigenvalue weighted by molar-refractivity contribution is 7.20. The maximum atomic E-state index is 12.3. The summed E-state index contributed by atoms with van der Waals surface area (Å²) in [6.07, 6.45) is 0. The van der Waals surface area contributed by atoms with Crippen LogP contribution in [0.3, 0.4) is 0 Å². The second-order valence-corrected chi connectivity index (χ2v) is 8.16. The first-order valence-electron chi connectivity index (χ1n) is 10.2. The first-order valence-corrected chi connectivity index (χ1v) is 11.0. The molecule has 1 saturated heterocycles. The SMILES string of the molecule is CCOC(=O)c1sc2nc(C)nc(NCc3ccccc3N3CCOCC3)c2c1C. The molecule has 7 nitrogen and oxygen atoms in total. The molecule has 2 aromatic heterocycles. The predicted molar refractivity (Wildman–Crippen MR) is 120 cm³/mol. The average molecular weight is 427 g/mol. The number of nitrogens with zero attached hydrogens (tertiary/aromatic N) is 3. The Hall–Kier alpha value is -2.71. The largest absolute Gasteiger partial charge is 0.462 e. The number of anilines is 2. The van der Waals surface area contributed by atoms with Crippen molar-refractivity contribution in [3.63, 3.8) is 0 Å². The zero-order valence-electron chi connectivity index (χ0n) is 17.5. The summed E-state index contributed by atoms with van der Waals surface area (Å²) in [5, 5.41) is 4.38. The quantitative estimate of drug-likeness (QED) is 0.599. The molecule has 1 N–H and O–H groups in total. The summed E-state index contributed by atoms with van der Waals surface area (Å²) in [7, 11) is 0. The van der Waals surface area contributed by atoms with Crippen LogP contribution in [0, 0.1) is 13.8 Å². The minimum atomic E-state index is -0.306. The molecule has 1 aromatic carbocycles. The van der Waals surface area contributed by atoms with Gasteiger partial charge >= 0.3 is 5.97 Å². The van der Waals surface area contributed by atoms with Crippen molar-refractivity contribution in [3.05, 3.63) is 46.1 Å². The molecule has 4 rings (SSSR count). The lowest BCUT2D eigenvalue weighted by Crippen LogP contribution is -2.36. The fraction of sp³-hybridized carbons (Fsp3) is 0.409. The number of esters is 1.